The highest BCUT2D eigenvalue weighted by molar-refractivity contribution is 6.32. The highest BCUT2D eigenvalue weighted by Crippen LogP contribution is 2.29. The number of ether oxygens (including phenoxy) is 1. The monoisotopic (exact) mass is 267 g/mol. The third-order valence-electron chi connectivity index (χ3n) is 3.31. The summed E-state index contributed by atoms with van der Waals surface area (Å²) >= 11 is 6.04. The number of piperazine rings is 1. The van der Waals surface area contributed by atoms with E-state index in [1.807, 2.05) is 12.1 Å². The highest BCUT2D eigenvalue weighted by Gasteiger charge is 2.17. The summed E-state index contributed by atoms with van der Waals surface area (Å²) in [6.07, 6.45) is 2.21. The predicted molar refractivity (Wildman–Crippen MR) is 76.6 cm³/mol. The number of nitrogens with zero attached hydrogens (tertiary/aromatic N) is 2. The van der Waals surface area contributed by atoms with Crippen LogP contribution in [0.1, 0.15) is 6.92 Å². The Balaban J connectivity index is 2.01. The lowest BCUT2D eigenvalue weighted by atomic mass is 10.2. The van der Waals surface area contributed by atoms with E-state index in [2.05, 4.69) is 29.2 Å². The van der Waals surface area contributed by atoms with Crippen molar-refractivity contribution in [1.82, 2.24) is 4.90 Å². The first kappa shape index (κ1) is 13.5. The van der Waals surface area contributed by atoms with Gasteiger partial charge in [-0.2, -0.15) is 0 Å². The summed E-state index contributed by atoms with van der Waals surface area (Å²) in [6, 6.07) is 5.98. The number of rotatable bonds is 4. The highest BCUT2D eigenvalue weighted by atomic mass is 35.5. The summed E-state index contributed by atoms with van der Waals surface area (Å²) in [5, 5.41) is 0.667. The second-order valence-electron chi connectivity index (χ2n) is 4.51. The fraction of sp³-hybridized carbons (Fsp3) is 0.500. The molecule has 99 valence electrons. The summed E-state index contributed by atoms with van der Waals surface area (Å²) in [7, 11) is 1.65. The predicted octanol–water partition coefficient (Wildman–Crippen LogP) is 2.69. The van der Waals surface area contributed by atoms with Gasteiger partial charge in [-0.25, -0.2) is 0 Å². The van der Waals surface area contributed by atoms with Crippen LogP contribution in [0.15, 0.2) is 18.2 Å². The van der Waals surface area contributed by atoms with Gasteiger partial charge in [0.25, 0.3) is 0 Å². The molecule has 2 rings (SSSR count). The van der Waals surface area contributed by atoms with Gasteiger partial charge < -0.3 is 9.64 Å². The summed E-state index contributed by atoms with van der Waals surface area (Å²) in [5.74, 6) is 0.749. The maximum absolute atomic E-state index is 6.04. The Morgan fingerprint density at radius 2 is 2.00 bits per heavy atom. The second-order valence-corrected chi connectivity index (χ2v) is 4.92. The van der Waals surface area contributed by atoms with Crippen molar-refractivity contribution in [2.24, 2.45) is 0 Å². The molecule has 0 bridgehead atoms. The van der Waals surface area contributed by atoms with E-state index in [-0.39, 0.29) is 0 Å². The number of hydrogen-bond donors (Lipinski definition) is 0. The van der Waals surface area contributed by atoms with Gasteiger partial charge in [0.1, 0.15) is 5.75 Å². The van der Waals surface area contributed by atoms with Crippen LogP contribution in [0.25, 0.3) is 0 Å². The Bertz CT molecular complexity index is 389. The molecular weight excluding hydrogens is 248 g/mol. The molecule has 3 nitrogen and oxygen atoms in total. The smallest absolute Gasteiger partial charge is 0.139 e. The summed E-state index contributed by atoms with van der Waals surface area (Å²) in [4.78, 5) is 4.84. The van der Waals surface area contributed by atoms with Crippen molar-refractivity contribution in [2.75, 3.05) is 44.7 Å². The normalized spacial score (nSPS) is 16.9. The Morgan fingerprint density at radius 3 is 2.61 bits per heavy atom. The van der Waals surface area contributed by atoms with E-state index in [1.165, 1.54) is 5.69 Å². The lowest BCUT2D eigenvalue weighted by Crippen LogP contribution is -2.46. The fourth-order valence-electron chi connectivity index (χ4n) is 2.29. The van der Waals surface area contributed by atoms with E-state index in [4.69, 9.17) is 16.3 Å². The molecule has 1 fully saturated rings. The van der Waals surface area contributed by atoms with Crippen LogP contribution >= 0.6 is 11.6 Å². The summed E-state index contributed by atoms with van der Waals surface area (Å²) in [5.41, 5.74) is 1.19. The van der Waals surface area contributed by atoms with Crippen molar-refractivity contribution in [3.8, 4) is 5.75 Å². The molecule has 1 heterocycles. The Labute approximate surface area is 114 Å². The Kier molecular flexibility index (Phi) is 4.72. The van der Waals surface area contributed by atoms with Crippen molar-refractivity contribution in [1.29, 1.82) is 0 Å². The standard InChI is InChI=1S/C14H20ClN2O/c1-3-6-16-7-9-17(10-8-16)12-4-5-13(15)14(11-12)18-2/h3-5,11H,6-10H2,1-2H3. The quantitative estimate of drug-likeness (QED) is 0.834. The van der Waals surface area contributed by atoms with Gasteiger partial charge in [-0.1, -0.05) is 18.5 Å². The molecule has 1 aliphatic rings. The molecule has 18 heavy (non-hydrogen) atoms. The minimum absolute atomic E-state index is 0.667. The molecule has 0 saturated carbocycles. The van der Waals surface area contributed by atoms with Crippen molar-refractivity contribution in [2.45, 2.75) is 6.92 Å². The van der Waals surface area contributed by atoms with E-state index in [0.717, 1.165) is 38.5 Å². The SMILES string of the molecule is C[CH]CN1CCN(c2ccc(Cl)c(OC)c2)CC1. The van der Waals surface area contributed by atoms with Gasteiger partial charge >= 0.3 is 0 Å². The minimum Gasteiger partial charge on any atom is -0.495 e. The minimum atomic E-state index is 0.667. The third kappa shape index (κ3) is 3.09. The maximum Gasteiger partial charge on any atom is 0.139 e. The number of methoxy groups -OCH3 is 1. The van der Waals surface area contributed by atoms with Crippen LogP contribution in [0.3, 0.4) is 0 Å². The van der Waals surface area contributed by atoms with E-state index in [0.29, 0.717) is 5.02 Å². The van der Waals surface area contributed by atoms with Gasteiger partial charge in [0.05, 0.1) is 12.1 Å². The van der Waals surface area contributed by atoms with Gasteiger partial charge in [0.15, 0.2) is 0 Å². The van der Waals surface area contributed by atoms with Crippen LogP contribution in [-0.4, -0.2) is 44.7 Å². The van der Waals surface area contributed by atoms with Gasteiger partial charge in [0.2, 0.25) is 0 Å². The molecule has 0 aliphatic carbocycles. The number of benzene rings is 1. The van der Waals surface area contributed by atoms with Crippen LogP contribution in [0.5, 0.6) is 5.75 Å². The van der Waals surface area contributed by atoms with Crippen molar-refractivity contribution < 1.29 is 4.74 Å². The number of hydrogen-bond acceptors (Lipinski definition) is 3. The van der Waals surface area contributed by atoms with E-state index >= 15 is 0 Å². The topological polar surface area (TPSA) is 15.7 Å². The first-order valence-electron chi connectivity index (χ1n) is 6.33. The molecule has 0 spiro atoms. The zero-order valence-corrected chi connectivity index (χ0v) is 11.8. The largest absolute Gasteiger partial charge is 0.495 e. The van der Waals surface area contributed by atoms with Crippen molar-refractivity contribution >= 4 is 17.3 Å². The maximum atomic E-state index is 6.04. The molecular formula is C14H20ClN2O. The molecule has 1 aliphatic heterocycles. The molecule has 4 heteroatoms. The van der Waals surface area contributed by atoms with Gasteiger partial charge in [-0.15, -0.1) is 0 Å². The van der Waals surface area contributed by atoms with Crippen LogP contribution in [-0.2, 0) is 0 Å². The molecule has 0 atom stereocenters. The van der Waals surface area contributed by atoms with E-state index in [1.54, 1.807) is 7.11 Å². The molecule has 1 radical (unpaired) electrons. The van der Waals surface area contributed by atoms with Crippen molar-refractivity contribution in [3.05, 3.63) is 29.6 Å². The van der Waals surface area contributed by atoms with Crippen LogP contribution in [0, 0.1) is 6.42 Å². The summed E-state index contributed by atoms with van der Waals surface area (Å²) < 4.78 is 5.26. The second kappa shape index (κ2) is 6.30. The molecule has 0 unspecified atom stereocenters. The first-order chi connectivity index (χ1) is 8.74. The molecule has 1 aromatic rings. The average Bonchev–Trinajstić information content (AvgIpc) is 2.41. The van der Waals surface area contributed by atoms with Crippen LogP contribution in [0.2, 0.25) is 5.02 Å². The van der Waals surface area contributed by atoms with Crippen LogP contribution in [0.4, 0.5) is 5.69 Å². The zero-order valence-electron chi connectivity index (χ0n) is 11.0. The first-order valence-corrected chi connectivity index (χ1v) is 6.71. The average molecular weight is 268 g/mol. The third-order valence-corrected chi connectivity index (χ3v) is 3.63. The molecule has 1 saturated heterocycles. The number of anilines is 1. The lowest BCUT2D eigenvalue weighted by Gasteiger charge is -2.36. The molecule has 0 N–H and O–H groups in total. The van der Waals surface area contributed by atoms with E-state index < -0.39 is 0 Å². The van der Waals surface area contributed by atoms with Gasteiger partial charge in [-0.05, 0) is 18.6 Å². The van der Waals surface area contributed by atoms with E-state index in [9.17, 15) is 0 Å². The molecule has 0 amide bonds. The Morgan fingerprint density at radius 1 is 1.28 bits per heavy atom. The fourth-order valence-corrected chi connectivity index (χ4v) is 2.49. The molecule has 0 aromatic heterocycles. The lowest BCUT2D eigenvalue weighted by molar-refractivity contribution is 0.276. The van der Waals surface area contributed by atoms with Crippen LogP contribution < -0.4 is 9.64 Å². The van der Waals surface area contributed by atoms with Gasteiger partial charge in [-0.3, -0.25) is 4.90 Å². The zero-order chi connectivity index (χ0) is 13.0. The number of halogens is 1. The molecule has 1 aromatic carbocycles. The Hall–Kier alpha value is -0.930. The van der Waals surface area contributed by atoms with Crippen molar-refractivity contribution in [3.63, 3.8) is 0 Å². The van der Waals surface area contributed by atoms with Gasteiger partial charge in [0, 0.05) is 44.5 Å². The summed E-state index contributed by atoms with van der Waals surface area (Å²) in [6.45, 7) is 7.51.